The van der Waals surface area contributed by atoms with Crippen molar-refractivity contribution in [3.05, 3.63) is 192 Å². The van der Waals surface area contributed by atoms with Crippen molar-refractivity contribution in [1.29, 1.82) is 0 Å². The van der Waals surface area contributed by atoms with Gasteiger partial charge in [0, 0.05) is 27.5 Å². The number of fused-ring (bicyclic) bond motifs is 8. The molecule has 8 aromatic carbocycles. The summed E-state index contributed by atoms with van der Waals surface area (Å²) in [5.74, 6) is 0.723. The van der Waals surface area contributed by atoms with E-state index >= 15 is 0 Å². The van der Waals surface area contributed by atoms with Crippen molar-refractivity contribution in [2.24, 2.45) is 0 Å². The minimum absolute atomic E-state index is 0.105. The summed E-state index contributed by atoms with van der Waals surface area (Å²) in [5, 5.41) is 4.95. The van der Waals surface area contributed by atoms with Crippen LogP contribution in [0.25, 0.3) is 88.8 Å². The van der Waals surface area contributed by atoms with Crippen molar-refractivity contribution in [2.75, 3.05) is 0 Å². The van der Waals surface area contributed by atoms with Gasteiger partial charge in [-0.3, -0.25) is 0 Å². The van der Waals surface area contributed by atoms with Crippen LogP contribution < -0.4 is 0 Å². The first-order valence-electron chi connectivity index (χ1n) is 19.7. The third kappa shape index (κ3) is 4.69. The minimum Gasteiger partial charge on any atom is -0.228 e. The maximum Gasteiger partial charge on any atom is 0.160 e. The van der Waals surface area contributed by atoms with Crippen LogP contribution in [0.15, 0.2) is 170 Å². The number of nitrogens with zero attached hydrogens (tertiary/aromatic N) is 2. The first kappa shape index (κ1) is 32.8. The second-order valence-electron chi connectivity index (χ2n) is 16.5. The van der Waals surface area contributed by atoms with Crippen molar-refractivity contribution < 1.29 is 0 Å². The zero-order valence-electron chi connectivity index (χ0n) is 32.1. The van der Waals surface area contributed by atoms with Crippen molar-refractivity contribution in [2.45, 2.75) is 38.5 Å². The maximum absolute atomic E-state index is 5.34. The Labute approximate surface area is 328 Å². The van der Waals surface area contributed by atoms with Gasteiger partial charge < -0.3 is 0 Å². The fourth-order valence-corrected chi connectivity index (χ4v) is 9.86. The highest BCUT2D eigenvalue weighted by Crippen LogP contribution is 2.55. The van der Waals surface area contributed by atoms with Crippen LogP contribution in [0.3, 0.4) is 0 Å². The fraction of sp³-hybridized carbons (Fsp3) is 0.111. The summed E-state index contributed by atoms with van der Waals surface area (Å²) in [5.41, 5.74) is 18.0. The molecule has 0 unspecified atom stereocenters. The van der Waals surface area contributed by atoms with Gasteiger partial charge in [0.15, 0.2) is 5.82 Å². The molecule has 0 fully saturated rings. The lowest BCUT2D eigenvalue weighted by atomic mass is 9.81. The Kier molecular flexibility index (Phi) is 6.98. The summed E-state index contributed by atoms with van der Waals surface area (Å²) in [6.07, 6.45) is 0. The summed E-state index contributed by atoms with van der Waals surface area (Å²) in [7, 11) is 0. The third-order valence-electron chi connectivity index (χ3n) is 12.7. The predicted molar refractivity (Wildman–Crippen MR) is 234 cm³/mol. The molecule has 2 nitrogen and oxygen atoms in total. The van der Waals surface area contributed by atoms with Gasteiger partial charge in [-0.15, -0.1) is 0 Å². The lowest BCUT2D eigenvalue weighted by molar-refractivity contribution is 0.660. The summed E-state index contributed by atoms with van der Waals surface area (Å²) in [6.45, 7) is 9.41. The molecule has 0 N–H and O–H groups in total. The minimum atomic E-state index is -0.112. The summed E-state index contributed by atoms with van der Waals surface area (Å²) in [6, 6.07) is 62.1. The van der Waals surface area contributed by atoms with Crippen LogP contribution in [0.5, 0.6) is 0 Å². The third-order valence-corrected chi connectivity index (χ3v) is 12.7. The Bertz CT molecular complexity index is 3080. The molecule has 2 heteroatoms. The van der Waals surface area contributed by atoms with E-state index in [4.69, 9.17) is 9.97 Å². The van der Waals surface area contributed by atoms with Gasteiger partial charge in [-0.2, -0.15) is 0 Å². The van der Waals surface area contributed by atoms with E-state index in [9.17, 15) is 0 Å². The molecule has 56 heavy (non-hydrogen) atoms. The largest absolute Gasteiger partial charge is 0.228 e. The highest BCUT2D eigenvalue weighted by molar-refractivity contribution is 6.09. The smallest absolute Gasteiger partial charge is 0.160 e. The second kappa shape index (κ2) is 11.9. The summed E-state index contributed by atoms with van der Waals surface area (Å²) in [4.78, 5) is 10.7. The molecule has 266 valence electrons. The van der Waals surface area contributed by atoms with Crippen LogP contribution in [0.2, 0.25) is 0 Å². The fourth-order valence-electron chi connectivity index (χ4n) is 9.86. The van der Waals surface area contributed by atoms with E-state index < -0.39 is 0 Å². The van der Waals surface area contributed by atoms with Crippen LogP contribution in [-0.4, -0.2) is 9.97 Å². The molecule has 9 aromatic rings. The molecular weight excluding hydrogens is 677 g/mol. The van der Waals surface area contributed by atoms with E-state index in [-0.39, 0.29) is 10.8 Å². The lowest BCUT2D eigenvalue weighted by Crippen LogP contribution is -2.14. The van der Waals surface area contributed by atoms with E-state index in [1.165, 1.54) is 77.2 Å². The van der Waals surface area contributed by atoms with E-state index in [0.29, 0.717) is 0 Å². The Balaban J connectivity index is 1.13. The number of rotatable bonds is 4. The molecule has 2 aliphatic carbocycles. The molecule has 1 heterocycles. The zero-order chi connectivity index (χ0) is 37.8. The average Bonchev–Trinajstić information content (AvgIpc) is 3.62. The van der Waals surface area contributed by atoms with E-state index in [1.807, 2.05) is 6.07 Å². The molecule has 0 saturated carbocycles. The Morgan fingerprint density at radius 3 is 1.61 bits per heavy atom. The van der Waals surface area contributed by atoms with E-state index in [2.05, 4.69) is 191 Å². The topological polar surface area (TPSA) is 25.8 Å². The normalized spacial score (nSPS) is 14.4. The average molecular weight is 717 g/mol. The van der Waals surface area contributed by atoms with Crippen LogP contribution >= 0.6 is 0 Å². The summed E-state index contributed by atoms with van der Waals surface area (Å²) < 4.78 is 0. The van der Waals surface area contributed by atoms with Gasteiger partial charge in [0.2, 0.25) is 0 Å². The standard InChI is InChI=1S/C54H40N2/c1-53(2)44-25-13-12-22-41(44)51-42(24-15-27-46(51)53)49-32-48(55-52(56-49)33-16-6-5-7-17-33)39-29-28-38(36-20-10-11-21-37(36)39)40-23-14-26-45-50(40)43-30-34-18-8-9-19-35(34)31-47(43)54(45,3)4/h5-32H,1-4H3. The van der Waals surface area contributed by atoms with Gasteiger partial charge in [-0.05, 0) is 95.4 Å². The van der Waals surface area contributed by atoms with Crippen LogP contribution in [0.1, 0.15) is 49.9 Å². The van der Waals surface area contributed by atoms with Crippen molar-refractivity contribution in [3.63, 3.8) is 0 Å². The monoisotopic (exact) mass is 716 g/mol. The van der Waals surface area contributed by atoms with Gasteiger partial charge in [-0.25, -0.2) is 9.97 Å². The lowest BCUT2D eigenvalue weighted by Gasteiger charge is -2.22. The predicted octanol–water partition coefficient (Wildman–Crippen LogP) is 14.1. The van der Waals surface area contributed by atoms with Gasteiger partial charge in [0.1, 0.15) is 0 Å². The molecule has 0 bridgehead atoms. The highest BCUT2D eigenvalue weighted by atomic mass is 14.9. The molecule has 2 aliphatic rings. The van der Waals surface area contributed by atoms with Gasteiger partial charge in [0.25, 0.3) is 0 Å². The quantitative estimate of drug-likeness (QED) is 0.181. The number of benzene rings is 8. The molecule has 11 rings (SSSR count). The molecule has 0 radical (unpaired) electrons. The molecular formula is C54H40N2. The van der Waals surface area contributed by atoms with Crippen molar-refractivity contribution in [3.8, 4) is 67.3 Å². The molecule has 1 aromatic heterocycles. The van der Waals surface area contributed by atoms with Crippen LogP contribution in [0, 0.1) is 0 Å². The molecule has 0 saturated heterocycles. The Hall–Kier alpha value is -6.64. The first-order valence-corrected chi connectivity index (χ1v) is 19.7. The zero-order valence-corrected chi connectivity index (χ0v) is 32.1. The number of aromatic nitrogens is 2. The van der Waals surface area contributed by atoms with Crippen molar-refractivity contribution in [1.82, 2.24) is 9.97 Å². The number of hydrogen-bond acceptors (Lipinski definition) is 2. The van der Waals surface area contributed by atoms with Gasteiger partial charge in [-0.1, -0.05) is 179 Å². The van der Waals surface area contributed by atoms with Gasteiger partial charge in [0.05, 0.1) is 11.4 Å². The van der Waals surface area contributed by atoms with E-state index in [0.717, 1.165) is 33.9 Å². The molecule has 0 atom stereocenters. The van der Waals surface area contributed by atoms with Gasteiger partial charge >= 0.3 is 0 Å². The van der Waals surface area contributed by atoms with E-state index in [1.54, 1.807) is 0 Å². The number of hydrogen-bond donors (Lipinski definition) is 0. The molecule has 0 spiro atoms. The highest BCUT2D eigenvalue weighted by Gasteiger charge is 2.38. The molecule has 0 amide bonds. The Morgan fingerprint density at radius 2 is 0.857 bits per heavy atom. The van der Waals surface area contributed by atoms with Crippen molar-refractivity contribution >= 4 is 21.5 Å². The summed E-state index contributed by atoms with van der Waals surface area (Å²) >= 11 is 0. The maximum atomic E-state index is 5.34. The van der Waals surface area contributed by atoms with Crippen LogP contribution in [0.4, 0.5) is 0 Å². The van der Waals surface area contributed by atoms with Crippen LogP contribution in [-0.2, 0) is 10.8 Å². The molecule has 0 aliphatic heterocycles. The second-order valence-corrected chi connectivity index (χ2v) is 16.5. The SMILES string of the molecule is CC1(C)c2ccccc2-c2c(-c3cc(-c4ccc(-c5cccc6c5-c5cc7ccccc7cc5C6(C)C)c5ccccc45)nc(-c4ccccc4)n3)cccc21. The first-order chi connectivity index (χ1) is 27.3. The Morgan fingerprint density at radius 1 is 0.339 bits per heavy atom.